The number of hydrogen-bond donors (Lipinski definition) is 2. The van der Waals surface area contributed by atoms with Gasteiger partial charge in [-0.1, -0.05) is 19.1 Å². The number of ether oxygens (including phenoxy) is 1. The van der Waals surface area contributed by atoms with E-state index < -0.39 is 0 Å². The molecule has 0 aromatic heterocycles. The Balaban J connectivity index is 2.66. The van der Waals surface area contributed by atoms with Crippen molar-refractivity contribution in [2.45, 2.75) is 13.3 Å². The molecule has 5 nitrogen and oxygen atoms in total. The van der Waals surface area contributed by atoms with Gasteiger partial charge in [-0.3, -0.25) is 0 Å². The smallest absolute Gasteiger partial charge is 0.322 e. The number of benzene rings is 1. The molecule has 0 bridgehead atoms. The molecule has 0 saturated carbocycles. The highest BCUT2D eigenvalue weighted by molar-refractivity contribution is 7.80. The SMILES string of the molecule is CCCN(CC(N)=S)C(=O)Nc1ccc(OC)cc1. The monoisotopic (exact) mass is 281 g/mol. The van der Waals surface area contributed by atoms with E-state index in [2.05, 4.69) is 5.32 Å². The number of carbonyl (C=O) groups is 1. The summed E-state index contributed by atoms with van der Waals surface area (Å²) in [7, 11) is 1.60. The Hall–Kier alpha value is -1.82. The molecule has 0 aliphatic heterocycles. The first kappa shape index (κ1) is 15.2. The highest BCUT2D eigenvalue weighted by Crippen LogP contribution is 2.15. The first-order valence-electron chi connectivity index (χ1n) is 6.05. The van der Waals surface area contributed by atoms with Crippen LogP contribution in [-0.4, -0.2) is 36.1 Å². The quantitative estimate of drug-likeness (QED) is 0.785. The minimum Gasteiger partial charge on any atom is -0.497 e. The van der Waals surface area contributed by atoms with Gasteiger partial charge >= 0.3 is 6.03 Å². The summed E-state index contributed by atoms with van der Waals surface area (Å²) in [5, 5.41) is 2.80. The van der Waals surface area contributed by atoms with Crippen molar-refractivity contribution in [1.29, 1.82) is 0 Å². The third kappa shape index (κ3) is 5.13. The molecule has 3 N–H and O–H groups in total. The van der Waals surface area contributed by atoms with Gasteiger partial charge in [0.15, 0.2) is 0 Å². The highest BCUT2D eigenvalue weighted by atomic mass is 32.1. The van der Waals surface area contributed by atoms with Gasteiger partial charge < -0.3 is 20.7 Å². The molecule has 19 heavy (non-hydrogen) atoms. The molecular formula is C13H19N3O2S. The van der Waals surface area contributed by atoms with E-state index in [0.29, 0.717) is 17.2 Å². The van der Waals surface area contributed by atoms with E-state index in [1.54, 1.807) is 36.3 Å². The van der Waals surface area contributed by atoms with E-state index in [-0.39, 0.29) is 12.6 Å². The Morgan fingerprint density at radius 1 is 1.42 bits per heavy atom. The highest BCUT2D eigenvalue weighted by Gasteiger charge is 2.13. The zero-order valence-corrected chi connectivity index (χ0v) is 12.0. The Morgan fingerprint density at radius 3 is 2.53 bits per heavy atom. The van der Waals surface area contributed by atoms with Crippen molar-refractivity contribution in [3.05, 3.63) is 24.3 Å². The molecular weight excluding hydrogens is 262 g/mol. The number of nitrogens with two attached hydrogens (primary N) is 1. The van der Waals surface area contributed by atoms with Crippen LogP contribution in [0.1, 0.15) is 13.3 Å². The van der Waals surface area contributed by atoms with Crippen LogP contribution in [0.2, 0.25) is 0 Å². The molecule has 0 atom stereocenters. The van der Waals surface area contributed by atoms with E-state index in [1.807, 2.05) is 6.92 Å². The van der Waals surface area contributed by atoms with Crippen molar-refractivity contribution in [3.8, 4) is 5.75 Å². The Bertz CT molecular complexity index is 434. The molecule has 6 heteroatoms. The molecule has 0 unspecified atom stereocenters. The Labute approximate surface area is 118 Å². The van der Waals surface area contributed by atoms with Crippen molar-refractivity contribution >= 4 is 28.9 Å². The van der Waals surface area contributed by atoms with E-state index in [1.165, 1.54) is 0 Å². The topological polar surface area (TPSA) is 67.6 Å². The van der Waals surface area contributed by atoms with E-state index in [9.17, 15) is 4.79 Å². The van der Waals surface area contributed by atoms with Crippen molar-refractivity contribution in [3.63, 3.8) is 0 Å². The lowest BCUT2D eigenvalue weighted by atomic mass is 10.3. The van der Waals surface area contributed by atoms with Crippen LogP contribution in [0.25, 0.3) is 0 Å². The van der Waals surface area contributed by atoms with E-state index in [0.717, 1.165) is 12.2 Å². The fourth-order valence-electron chi connectivity index (χ4n) is 1.59. The Kier molecular flexibility index (Phi) is 6.08. The van der Waals surface area contributed by atoms with Crippen LogP contribution < -0.4 is 15.8 Å². The van der Waals surface area contributed by atoms with Gasteiger partial charge in [-0.15, -0.1) is 0 Å². The van der Waals surface area contributed by atoms with Gasteiger partial charge in [0.05, 0.1) is 18.6 Å². The number of rotatable bonds is 6. The normalized spacial score (nSPS) is 9.79. The van der Waals surface area contributed by atoms with E-state index in [4.69, 9.17) is 22.7 Å². The number of nitrogens with zero attached hydrogens (tertiary/aromatic N) is 1. The molecule has 0 spiro atoms. The molecule has 0 saturated heterocycles. The van der Waals surface area contributed by atoms with Gasteiger partial charge in [0.1, 0.15) is 5.75 Å². The van der Waals surface area contributed by atoms with Crippen molar-refractivity contribution in [2.24, 2.45) is 5.73 Å². The first-order valence-corrected chi connectivity index (χ1v) is 6.46. The lowest BCUT2D eigenvalue weighted by Crippen LogP contribution is -2.40. The van der Waals surface area contributed by atoms with Gasteiger partial charge in [-0.25, -0.2) is 4.79 Å². The van der Waals surface area contributed by atoms with Gasteiger partial charge in [0.2, 0.25) is 0 Å². The summed E-state index contributed by atoms with van der Waals surface area (Å²) in [5.41, 5.74) is 6.19. The number of methoxy groups -OCH3 is 1. The maximum absolute atomic E-state index is 12.1. The fraction of sp³-hybridized carbons (Fsp3) is 0.385. The second-order valence-corrected chi connectivity index (χ2v) is 4.57. The summed E-state index contributed by atoms with van der Waals surface area (Å²) in [6, 6.07) is 6.92. The molecule has 0 aliphatic carbocycles. The van der Waals surface area contributed by atoms with Gasteiger partial charge in [-0.05, 0) is 30.7 Å². The van der Waals surface area contributed by atoms with Gasteiger partial charge in [0.25, 0.3) is 0 Å². The second kappa shape index (κ2) is 7.58. The number of anilines is 1. The molecule has 0 fully saturated rings. The summed E-state index contributed by atoms with van der Waals surface area (Å²) >= 11 is 4.84. The summed E-state index contributed by atoms with van der Waals surface area (Å²) in [5.74, 6) is 0.742. The van der Waals surface area contributed by atoms with Crippen molar-refractivity contribution in [2.75, 3.05) is 25.5 Å². The average molecular weight is 281 g/mol. The Morgan fingerprint density at radius 2 is 2.05 bits per heavy atom. The number of amides is 2. The van der Waals surface area contributed by atoms with Gasteiger partial charge in [0, 0.05) is 12.2 Å². The number of carbonyl (C=O) groups excluding carboxylic acids is 1. The zero-order chi connectivity index (χ0) is 14.3. The number of hydrogen-bond acceptors (Lipinski definition) is 3. The molecule has 2 amide bonds. The average Bonchev–Trinajstić information content (AvgIpc) is 2.38. The molecule has 104 valence electrons. The van der Waals surface area contributed by atoms with E-state index >= 15 is 0 Å². The second-order valence-electron chi connectivity index (χ2n) is 4.05. The molecule has 0 heterocycles. The van der Waals surface area contributed by atoms with Crippen LogP contribution in [0, 0.1) is 0 Å². The zero-order valence-electron chi connectivity index (χ0n) is 11.2. The molecule has 0 aliphatic rings. The van der Waals surface area contributed by atoms with Crippen LogP contribution in [0.3, 0.4) is 0 Å². The standard InChI is InChI=1S/C13H19N3O2S/c1-3-8-16(9-12(14)19)13(17)15-10-4-6-11(18-2)7-5-10/h4-7H,3,8-9H2,1-2H3,(H2,14,19)(H,15,17). The predicted molar refractivity (Wildman–Crippen MR) is 80.7 cm³/mol. The van der Waals surface area contributed by atoms with Crippen LogP contribution in [-0.2, 0) is 0 Å². The minimum absolute atomic E-state index is 0.209. The predicted octanol–water partition coefficient (Wildman–Crippen LogP) is 2.23. The largest absolute Gasteiger partial charge is 0.497 e. The lowest BCUT2D eigenvalue weighted by molar-refractivity contribution is 0.219. The number of urea groups is 1. The summed E-state index contributed by atoms with van der Waals surface area (Å²) in [4.78, 5) is 14.0. The molecule has 1 aromatic carbocycles. The van der Waals surface area contributed by atoms with Crippen LogP contribution in [0.4, 0.5) is 10.5 Å². The number of thiocarbonyl (C=S) groups is 1. The van der Waals surface area contributed by atoms with Crippen molar-refractivity contribution < 1.29 is 9.53 Å². The fourth-order valence-corrected chi connectivity index (χ4v) is 1.74. The van der Waals surface area contributed by atoms with Crippen LogP contribution >= 0.6 is 12.2 Å². The lowest BCUT2D eigenvalue weighted by Gasteiger charge is -2.21. The summed E-state index contributed by atoms with van der Waals surface area (Å²) in [6.07, 6.45) is 0.846. The maximum atomic E-state index is 12.1. The van der Waals surface area contributed by atoms with Gasteiger partial charge in [-0.2, -0.15) is 0 Å². The van der Waals surface area contributed by atoms with Crippen LogP contribution in [0.15, 0.2) is 24.3 Å². The van der Waals surface area contributed by atoms with Crippen molar-refractivity contribution in [1.82, 2.24) is 4.90 Å². The first-order chi connectivity index (χ1) is 9.06. The van der Waals surface area contributed by atoms with Crippen LogP contribution in [0.5, 0.6) is 5.75 Å². The minimum atomic E-state index is -0.209. The molecule has 1 rings (SSSR count). The maximum Gasteiger partial charge on any atom is 0.322 e. The number of nitrogens with one attached hydrogen (secondary N) is 1. The third-order valence-electron chi connectivity index (χ3n) is 2.47. The summed E-state index contributed by atoms with van der Waals surface area (Å²) < 4.78 is 5.06. The third-order valence-corrected chi connectivity index (χ3v) is 2.60. The summed E-state index contributed by atoms with van der Waals surface area (Å²) in [6.45, 7) is 2.89. The molecule has 0 radical (unpaired) electrons. The molecule has 1 aromatic rings.